The lowest BCUT2D eigenvalue weighted by molar-refractivity contribution is 0.126. The highest BCUT2D eigenvalue weighted by Crippen LogP contribution is 2.29. The van der Waals surface area contributed by atoms with Gasteiger partial charge in [-0.15, -0.1) is 0 Å². The van der Waals surface area contributed by atoms with Gasteiger partial charge in [0.15, 0.2) is 0 Å². The third-order valence-electron chi connectivity index (χ3n) is 3.93. The predicted octanol–water partition coefficient (Wildman–Crippen LogP) is 2.75. The van der Waals surface area contributed by atoms with Crippen LogP contribution in [-0.4, -0.2) is 42.2 Å². The number of carbonyl (C=O) groups excluding carboxylic acids is 1. The van der Waals surface area contributed by atoms with Crippen LogP contribution in [0.1, 0.15) is 26.2 Å². The molecule has 5 heteroatoms. The number of anilines is 1. The van der Waals surface area contributed by atoms with Crippen molar-refractivity contribution in [1.29, 1.82) is 0 Å². The van der Waals surface area contributed by atoms with Crippen molar-refractivity contribution in [1.82, 2.24) is 9.88 Å². The average molecular weight is 277 g/mol. The van der Waals surface area contributed by atoms with E-state index in [9.17, 15) is 4.79 Å². The van der Waals surface area contributed by atoms with Gasteiger partial charge in [0.25, 0.3) is 0 Å². The van der Waals surface area contributed by atoms with Crippen molar-refractivity contribution in [3.8, 4) is 0 Å². The number of pyridine rings is 1. The first kappa shape index (κ1) is 14.8. The molecule has 2 atom stereocenters. The van der Waals surface area contributed by atoms with Crippen LogP contribution in [0, 0.1) is 5.92 Å². The van der Waals surface area contributed by atoms with Gasteiger partial charge < -0.3 is 15.0 Å². The van der Waals surface area contributed by atoms with Crippen LogP contribution in [0.25, 0.3) is 0 Å². The summed E-state index contributed by atoms with van der Waals surface area (Å²) in [5.41, 5.74) is 0.727. The smallest absolute Gasteiger partial charge is 0.322 e. The minimum Gasteiger partial charge on any atom is -0.383 e. The van der Waals surface area contributed by atoms with Crippen LogP contribution >= 0.6 is 0 Å². The molecular weight excluding hydrogens is 254 g/mol. The fourth-order valence-electron chi connectivity index (χ4n) is 2.83. The predicted molar refractivity (Wildman–Crippen MR) is 78.6 cm³/mol. The van der Waals surface area contributed by atoms with Crippen LogP contribution in [0.5, 0.6) is 0 Å². The van der Waals surface area contributed by atoms with Crippen molar-refractivity contribution in [2.24, 2.45) is 5.92 Å². The molecule has 5 nitrogen and oxygen atoms in total. The maximum Gasteiger partial charge on any atom is 0.322 e. The zero-order chi connectivity index (χ0) is 14.4. The van der Waals surface area contributed by atoms with Crippen LogP contribution in [0.4, 0.5) is 10.5 Å². The molecule has 20 heavy (non-hydrogen) atoms. The minimum atomic E-state index is -0.0613. The number of nitrogens with zero attached hydrogens (tertiary/aromatic N) is 2. The third kappa shape index (κ3) is 3.70. The highest BCUT2D eigenvalue weighted by Gasteiger charge is 2.31. The molecule has 1 N–H and O–H groups in total. The van der Waals surface area contributed by atoms with E-state index in [1.807, 2.05) is 17.0 Å². The maximum atomic E-state index is 12.5. The van der Waals surface area contributed by atoms with E-state index in [-0.39, 0.29) is 6.03 Å². The molecule has 110 valence electrons. The standard InChI is InChI=1S/C15H23N3O2/c1-12-5-3-7-14(12)18(9-10-20-2)15(19)17-13-6-4-8-16-11-13/h4,6,8,11-12,14H,3,5,7,9-10H2,1-2H3,(H,17,19)/t12-,14+/m1/s1. The zero-order valence-corrected chi connectivity index (χ0v) is 12.2. The Bertz CT molecular complexity index is 424. The Hall–Kier alpha value is -1.62. The van der Waals surface area contributed by atoms with E-state index in [2.05, 4.69) is 17.2 Å². The summed E-state index contributed by atoms with van der Waals surface area (Å²) in [6, 6.07) is 3.90. The molecule has 1 saturated carbocycles. The SMILES string of the molecule is COCCN(C(=O)Nc1cccnc1)[C@H]1CCC[C@H]1C. The molecule has 0 bridgehead atoms. The normalized spacial score (nSPS) is 21.7. The Morgan fingerprint density at radius 2 is 2.40 bits per heavy atom. The van der Waals surface area contributed by atoms with Gasteiger partial charge >= 0.3 is 6.03 Å². The molecule has 2 amide bonds. The van der Waals surface area contributed by atoms with Crippen LogP contribution in [0.15, 0.2) is 24.5 Å². The number of aromatic nitrogens is 1. The van der Waals surface area contributed by atoms with E-state index in [4.69, 9.17) is 4.74 Å². The molecule has 0 spiro atoms. The number of hydrogen-bond acceptors (Lipinski definition) is 3. The molecule has 1 aliphatic rings. The first-order valence-corrected chi connectivity index (χ1v) is 7.19. The summed E-state index contributed by atoms with van der Waals surface area (Å²) in [7, 11) is 1.66. The van der Waals surface area contributed by atoms with Crippen LogP contribution < -0.4 is 5.32 Å². The van der Waals surface area contributed by atoms with E-state index in [0.717, 1.165) is 12.1 Å². The first-order chi connectivity index (χ1) is 9.72. The topological polar surface area (TPSA) is 54.5 Å². The summed E-state index contributed by atoms with van der Waals surface area (Å²) in [5.74, 6) is 0.548. The summed E-state index contributed by atoms with van der Waals surface area (Å²) in [6.07, 6.45) is 6.80. The van der Waals surface area contributed by atoms with Crippen molar-refractivity contribution in [3.63, 3.8) is 0 Å². The quantitative estimate of drug-likeness (QED) is 0.900. The van der Waals surface area contributed by atoms with Gasteiger partial charge in [0.1, 0.15) is 0 Å². The molecule has 0 unspecified atom stereocenters. The van der Waals surface area contributed by atoms with Gasteiger partial charge in [-0.05, 0) is 30.9 Å². The van der Waals surface area contributed by atoms with E-state index >= 15 is 0 Å². The highest BCUT2D eigenvalue weighted by molar-refractivity contribution is 5.89. The average Bonchev–Trinajstić information content (AvgIpc) is 2.87. The Kier molecular flexibility index (Phi) is 5.35. The summed E-state index contributed by atoms with van der Waals surface area (Å²) in [5, 5.41) is 2.92. The maximum absolute atomic E-state index is 12.5. The third-order valence-corrected chi connectivity index (χ3v) is 3.93. The molecule has 1 heterocycles. The summed E-state index contributed by atoms with van der Waals surface area (Å²) in [4.78, 5) is 18.4. The fraction of sp³-hybridized carbons (Fsp3) is 0.600. The van der Waals surface area contributed by atoms with E-state index in [1.54, 1.807) is 19.5 Å². The lowest BCUT2D eigenvalue weighted by Gasteiger charge is -2.31. The van der Waals surface area contributed by atoms with Gasteiger partial charge in [0, 0.05) is 25.9 Å². The molecule has 0 aliphatic heterocycles. The largest absolute Gasteiger partial charge is 0.383 e. The lowest BCUT2D eigenvalue weighted by atomic mass is 10.1. The second-order valence-electron chi connectivity index (χ2n) is 5.33. The van der Waals surface area contributed by atoms with Crippen LogP contribution in [0.2, 0.25) is 0 Å². The van der Waals surface area contributed by atoms with Crippen molar-refractivity contribution >= 4 is 11.7 Å². The van der Waals surface area contributed by atoms with Crippen molar-refractivity contribution in [2.75, 3.05) is 25.6 Å². The monoisotopic (exact) mass is 277 g/mol. The number of rotatable bonds is 5. The van der Waals surface area contributed by atoms with Gasteiger partial charge in [-0.2, -0.15) is 0 Å². The number of carbonyl (C=O) groups is 1. The van der Waals surface area contributed by atoms with Crippen molar-refractivity contribution in [2.45, 2.75) is 32.2 Å². The first-order valence-electron chi connectivity index (χ1n) is 7.19. The Morgan fingerprint density at radius 3 is 3.00 bits per heavy atom. The Morgan fingerprint density at radius 1 is 1.55 bits per heavy atom. The summed E-state index contributed by atoms with van der Waals surface area (Å²) >= 11 is 0. The molecule has 1 aliphatic carbocycles. The Labute approximate surface area is 120 Å². The molecule has 0 aromatic carbocycles. The van der Waals surface area contributed by atoms with Gasteiger partial charge in [0.05, 0.1) is 18.5 Å². The number of methoxy groups -OCH3 is 1. The van der Waals surface area contributed by atoms with E-state index in [1.165, 1.54) is 12.8 Å². The molecule has 1 fully saturated rings. The summed E-state index contributed by atoms with van der Waals surface area (Å²) < 4.78 is 5.13. The Balaban J connectivity index is 2.03. The van der Waals surface area contributed by atoms with E-state index < -0.39 is 0 Å². The second-order valence-corrected chi connectivity index (χ2v) is 5.33. The van der Waals surface area contributed by atoms with Crippen molar-refractivity contribution < 1.29 is 9.53 Å². The van der Waals surface area contributed by atoms with Gasteiger partial charge in [-0.3, -0.25) is 4.98 Å². The number of hydrogen-bond donors (Lipinski definition) is 1. The molecule has 0 radical (unpaired) electrons. The summed E-state index contributed by atoms with van der Waals surface area (Å²) in [6.45, 7) is 3.40. The van der Waals surface area contributed by atoms with Crippen LogP contribution in [-0.2, 0) is 4.74 Å². The molecule has 1 aromatic rings. The number of nitrogens with one attached hydrogen (secondary N) is 1. The molecule has 1 aromatic heterocycles. The number of amides is 2. The molecule has 2 rings (SSSR count). The van der Waals surface area contributed by atoms with Gasteiger partial charge in [0.2, 0.25) is 0 Å². The van der Waals surface area contributed by atoms with E-state index in [0.29, 0.717) is 25.1 Å². The highest BCUT2D eigenvalue weighted by atomic mass is 16.5. The minimum absolute atomic E-state index is 0.0613. The number of urea groups is 1. The fourth-order valence-corrected chi connectivity index (χ4v) is 2.83. The van der Waals surface area contributed by atoms with Crippen molar-refractivity contribution in [3.05, 3.63) is 24.5 Å². The van der Waals surface area contributed by atoms with Gasteiger partial charge in [-0.25, -0.2) is 4.79 Å². The molecule has 0 saturated heterocycles. The van der Waals surface area contributed by atoms with Crippen LogP contribution in [0.3, 0.4) is 0 Å². The van der Waals surface area contributed by atoms with Gasteiger partial charge in [-0.1, -0.05) is 13.3 Å². The molecular formula is C15H23N3O2. The lowest BCUT2D eigenvalue weighted by Crippen LogP contribution is -2.45. The second kappa shape index (κ2) is 7.24. The number of ether oxygens (including phenoxy) is 1. The zero-order valence-electron chi connectivity index (χ0n) is 12.2.